The quantitative estimate of drug-likeness (QED) is 0.837. The van der Waals surface area contributed by atoms with E-state index in [1.807, 2.05) is 0 Å². The lowest BCUT2D eigenvalue weighted by molar-refractivity contribution is -0.0721. The Hall–Kier alpha value is -0.120. The van der Waals surface area contributed by atoms with Crippen molar-refractivity contribution in [1.29, 1.82) is 0 Å². The van der Waals surface area contributed by atoms with Crippen molar-refractivity contribution in [3.63, 3.8) is 0 Å². The molecule has 1 saturated heterocycles. The van der Waals surface area contributed by atoms with Gasteiger partial charge in [-0.2, -0.15) is 0 Å². The molecule has 0 radical (unpaired) electrons. The second-order valence-corrected chi connectivity index (χ2v) is 6.40. The lowest BCUT2D eigenvalue weighted by Gasteiger charge is -2.46. The Morgan fingerprint density at radius 1 is 1.28 bits per heavy atom. The molecule has 2 N–H and O–H groups in total. The van der Waals surface area contributed by atoms with Crippen LogP contribution in [0.5, 0.6) is 0 Å². The Morgan fingerprint density at radius 3 is 2.61 bits per heavy atom. The van der Waals surface area contributed by atoms with Gasteiger partial charge in [0, 0.05) is 19.1 Å². The number of morpholine rings is 1. The second kappa shape index (κ2) is 6.36. The van der Waals surface area contributed by atoms with Crippen molar-refractivity contribution in [2.45, 2.75) is 64.5 Å². The molecule has 3 heteroatoms. The second-order valence-electron chi connectivity index (χ2n) is 6.40. The molecule has 0 aromatic heterocycles. The van der Waals surface area contributed by atoms with Gasteiger partial charge in [0.25, 0.3) is 0 Å². The molecule has 1 saturated carbocycles. The van der Waals surface area contributed by atoms with Gasteiger partial charge in [-0.05, 0) is 38.1 Å². The van der Waals surface area contributed by atoms with Gasteiger partial charge in [-0.1, -0.05) is 26.2 Å². The molecule has 2 aliphatic rings. The van der Waals surface area contributed by atoms with Crippen LogP contribution in [0, 0.1) is 5.41 Å². The van der Waals surface area contributed by atoms with Gasteiger partial charge in [-0.3, -0.25) is 4.90 Å². The summed E-state index contributed by atoms with van der Waals surface area (Å²) >= 11 is 0. The highest BCUT2D eigenvalue weighted by molar-refractivity contribution is 4.90. The van der Waals surface area contributed by atoms with E-state index >= 15 is 0 Å². The molecule has 0 amide bonds. The highest BCUT2D eigenvalue weighted by atomic mass is 16.5. The van der Waals surface area contributed by atoms with Crippen LogP contribution in [-0.4, -0.2) is 43.3 Å². The fourth-order valence-electron chi connectivity index (χ4n) is 3.64. The molecule has 2 unspecified atom stereocenters. The summed E-state index contributed by atoms with van der Waals surface area (Å²) in [6.45, 7) is 8.49. The Labute approximate surface area is 112 Å². The van der Waals surface area contributed by atoms with E-state index in [0.29, 0.717) is 17.6 Å². The first-order chi connectivity index (χ1) is 8.69. The molecule has 0 aromatic rings. The number of rotatable bonds is 4. The first kappa shape index (κ1) is 14.3. The van der Waals surface area contributed by atoms with Gasteiger partial charge in [0.05, 0.1) is 12.7 Å². The average molecular weight is 254 g/mol. The average Bonchev–Trinajstić information content (AvgIpc) is 2.40. The predicted octanol–water partition coefficient (Wildman–Crippen LogP) is 2.39. The highest BCUT2D eigenvalue weighted by Gasteiger charge is 2.36. The molecule has 2 fully saturated rings. The molecule has 3 nitrogen and oxygen atoms in total. The number of ether oxygens (including phenoxy) is 1. The van der Waals surface area contributed by atoms with E-state index in [1.165, 1.54) is 45.1 Å². The van der Waals surface area contributed by atoms with Gasteiger partial charge in [0.15, 0.2) is 0 Å². The molecule has 0 bridgehead atoms. The minimum absolute atomic E-state index is 0.381. The van der Waals surface area contributed by atoms with Crippen LogP contribution in [0.15, 0.2) is 0 Å². The maximum Gasteiger partial charge on any atom is 0.0674 e. The van der Waals surface area contributed by atoms with Gasteiger partial charge in [-0.25, -0.2) is 0 Å². The SMILES string of the molecule is CCC1COC(C)CN1CC1(CN)CCCCC1. The normalized spacial score (nSPS) is 33.5. The van der Waals surface area contributed by atoms with E-state index < -0.39 is 0 Å². The van der Waals surface area contributed by atoms with E-state index in [0.717, 1.165) is 19.7 Å². The van der Waals surface area contributed by atoms with Crippen LogP contribution in [0.25, 0.3) is 0 Å². The van der Waals surface area contributed by atoms with Crippen molar-refractivity contribution in [3.05, 3.63) is 0 Å². The van der Waals surface area contributed by atoms with Crippen LogP contribution >= 0.6 is 0 Å². The van der Waals surface area contributed by atoms with Gasteiger partial charge in [0.1, 0.15) is 0 Å². The number of nitrogens with two attached hydrogens (primary N) is 1. The summed E-state index contributed by atoms with van der Waals surface area (Å²) in [5.74, 6) is 0. The van der Waals surface area contributed by atoms with Crippen molar-refractivity contribution in [1.82, 2.24) is 4.90 Å². The molecule has 0 aromatic carbocycles. The van der Waals surface area contributed by atoms with Crippen molar-refractivity contribution < 1.29 is 4.74 Å². The third-order valence-corrected chi connectivity index (χ3v) is 4.94. The zero-order chi connectivity index (χ0) is 13.0. The van der Waals surface area contributed by atoms with Crippen LogP contribution < -0.4 is 5.73 Å². The summed E-state index contributed by atoms with van der Waals surface area (Å²) in [6, 6.07) is 0.603. The number of hydrogen-bond acceptors (Lipinski definition) is 3. The molecule has 1 aliphatic heterocycles. The summed E-state index contributed by atoms with van der Waals surface area (Å²) in [5.41, 5.74) is 6.51. The molecule has 2 rings (SSSR count). The molecule has 1 aliphatic carbocycles. The topological polar surface area (TPSA) is 38.5 Å². The monoisotopic (exact) mass is 254 g/mol. The fourth-order valence-corrected chi connectivity index (χ4v) is 3.64. The van der Waals surface area contributed by atoms with E-state index in [9.17, 15) is 0 Å². The summed E-state index contributed by atoms with van der Waals surface area (Å²) in [6.07, 6.45) is 8.36. The molecule has 18 heavy (non-hydrogen) atoms. The van der Waals surface area contributed by atoms with Crippen LogP contribution in [0.1, 0.15) is 52.4 Å². The highest BCUT2D eigenvalue weighted by Crippen LogP contribution is 2.37. The smallest absolute Gasteiger partial charge is 0.0674 e. The fraction of sp³-hybridized carbons (Fsp3) is 1.00. The van der Waals surface area contributed by atoms with E-state index in [2.05, 4.69) is 18.7 Å². The Balaban J connectivity index is 1.99. The van der Waals surface area contributed by atoms with Crippen molar-refractivity contribution >= 4 is 0 Å². The maximum absolute atomic E-state index is 6.12. The van der Waals surface area contributed by atoms with Crippen LogP contribution in [0.3, 0.4) is 0 Å². The minimum atomic E-state index is 0.381. The maximum atomic E-state index is 6.12. The summed E-state index contributed by atoms with van der Waals surface area (Å²) in [4.78, 5) is 2.66. The van der Waals surface area contributed by atoms with Crippen molar-refractivity contribution in [3.8, 4) is 0 Å². The molecular weight excluding hydrogens is 224 g/mol. The van der Waals surface area contributed by atoms with Crippen LogP contribution in [-0.2, 0) is 4.74 Å². The molecule has 0 spiro atoms. The predicted molar refractivity (Wildman–Crippen MR) is 75.6 cm³/mol. The third-order valence-electron chi connectivity index (χ3n) is 4.94. The Kier molecular flexibility index (Phi) is 5.05. The van der Waals surface area contributed by atoms with E-state index in [-0.39, 0.29) is 0 Å². The lowest BCUT2D eigenvalue weighted by atomic mass is 9.73. The summed E-state index contributed by atoms with van der Waals surface area (Å²) in [5, 5.41) is 0. The zero-order valence-electron chi connectivity index (χ0n) is 12.2. The van der Waals surface area contributed by atoms with Gasteiger partial charge < -0.3 is 10.5 Å². The largest absolute Gasteiger partial charge is 0.376 e. The van der Waals surface area contributed by atoms with Gasteiger partial charge >= 0.3 is 0 Å². The van der Waals surface area contributed by atoms with Gasteiger partial charge in [0.2, 0.25) is 0 Å². The van der Waals surface area contributed by atoms with Crippen molar-refractivity contribution in [2.24, 2.45) is 11.1 Å². The standard InChI is InChI=1S/C15H30N2O/c1-3-14-10-18-13(2)9-17(14)12-15(11-16)7-5-4-6-8-15/h13-14H,3-12,16H2,1-2H3. The third kappa shape index (κ3) is 3.25. The summed E-state index contributed by atoms with van der Waals surface area (Å²) < 4.78 is 5.79. The molecule has 1 heterocycles. The Morgan fingerprint density at radius 2 is 2.00 bits per heavy atom. The van der Waals surface area contributed by atoms with E-state index in [1.54, 1.807) is 0 Å². The zero-order valence-corrected chi connectivity index (χ0v) is 12.2. The molecule has 106 valence electrons. The minimum Gasteiger partial charge on any atom is -0.376 e. The van der Waals surface area contributed by atoms with Crippen LogP contribution in [0.2, 0.25) is 0 Å². The number of nitrogens with zero attached hydrogens (tertiary/aromatic N) is 1. The van der Waals surface area contributed by atoms with Gasteiger partial charge in [-0.15, -0.1) is 0 Å². The van der Waals surface area contributed by atoms with Crippen molar-refractivity contribution in [2.75, 3.05) is 26.2 Å². The Bertz CT molecular complexity index is 251. The van der Waals surface area contributed by atoms with E-state index in [4.69, 9.17) is 10.5 Å². The summed E-state index contributed by atoms with van der Waals surface area (Å²) in [7, 11) is 0. The number of hydrogen-bond donors (Lipinski definition) is 1. The molecule has 2 atom stereocenters. The van der Waals surface area contributed by atoms with Crippen LogP contribution in [0.4, 0.5) is 0 Å². The molecular formula is C15H30N2O. The lowest BCUT2D eigenvalue weighted by Crippen LogP contribution is -2.54. The first-order valence-electron chi connectivity index (χ1n) is 7.75. The first-order valence-corrected chi connectivity index (χ1v) is 7.75.